The summed E-state index contributed by atoms with van der Waals surface area (Å²) >= 11 is 1.36. The SMILES string of the molecule is CNc1sc(C2C=Cc3ccccc32)c(O)c1-c1cccc(C(F)(F)F)c1. The minimum absolute atomic E-state index is 0.0232. The number of nitrogens with one attached hydrogen (secondary N) is 1. The van der Waals surface area contributed by atoms with Gasteiger partial charge in [0.15, 0.2) is 0 Å². The maximum absolute atomic E-state index is 13.1. The van der Waals surface area contributed by atoms with E-state index in [4.69, 9.17) is 0 Å². The van der Waals surface area contributed by atoms with E-state index in [1.165, 1.54) is 17.4 Å². The Bertz CT molecular complexity index is 1040. The molecule has 1 unspecified atom stereocenters. The molecule has 1 atom stereocenters. The predicted octanol–water partition coefficient (Wildman–Crippen LogP) is 6.34. The van der Waals surface area contributed by atoms with Gasteiger partial charge in [0.25, 0.3) is 0 Å². The van der Waals surface area contributed by atoms with Gasteiger partial charge in [-0.15, -0.1) is 11.3 Å². The Hall–Kier alpha value is -2.73. The average Bonchev–Trinajstić information content (AvgIpc) is 3.21. The maximum atomic E-state index is 13.1. The lowest BCUT2D eigenvalue weighted by atomic mass is 9.96. The fraction of sp³-hybridized carbons (Fsp3) is 0.143. The minimum Gasteiger partial charge on any atom is -0.506 e. The Balaban J connectivity index is 1.84. The number of hydrogen-bond acceptors (Lipinski definition) is 3. The number of benzene rings is 2. The number of halogens is 3. The summed E-state index contributed by atoms with van der Waals surface area (Å²) < 4.78 is 39.3. The first kappa shape index (κ1) is 17.7. The lowest BCUT2D eigenvalue weighted by Crippen LogP contribution is -2.04. The molecular weight excluding hydrogens is 371 g/mol. The van der Waals surface area contributed by atoms with Gasteiger partial charge in [-0.3, -0.25) is 0 Å². The van der Waals surface area contributed by atoms with Crippen LogP contribution in [0, 0.1) is 0 Å². The Morgan fingerprint density at radius 2 is 1.85 bits per heavy atom. The summed E-state index contributed by atoms with van der Waals surface area (Å²) in [5.41, 5.74) is 2.17. The van der Waals surface area contributed by atoms with Gasteiger partial charge in [-0.1, -0.05) is 48.6 Å². The minimum atomic E-state index is -4.43. The molecule has 27 heavy (non-hydrogen) atoms. The predicted molar refractivity (Wildman–Crippen MR) is 103 cm³/mol. The molecule has 1 aliphatic carbocycles. The number of fused-ring (bicyclic) bond motifs is 1. The van der Waals surface area contributed by atoms with Crippen molar-refractivity contribution in [3.8, 4) is 16.9 Å². The van der Waals surface area contributed by atoms with Gasteiger partial charge in [0.05, 0.1) is 16.0 Å². The van der Waals surface area contributed by atoms with E-state index in [1.807, 2.05) is 36.4 Å². The monoisotopic (exact) mass is 387 g/mol. The topological polar surface area (TPSA) is 32.3 Å². The molecule has 1 heterocycles. The number of anilines is 1. The number of thiophene rings is 1. The number of aromatic hydroxyl groups is 1. The van der Waals surface area contributed by atoms with Gasteiger partial charge in [-0.05, 0) is 28.8 Å². The number of rotatable bonds is 3. The fourth-order valence-corrected chi connectivity index (χ4v) is 4.59. The van der Waals surface area contributed by atoms with E-state index < -0.39 is 11.7 Å². The lowest BCUT2D eigenvalue weighted by molar-refractivity contribution is -0.137. The third-order valence-corrected chi connectivity index (χ3v) is 5.98. The Kier molecular flexibility index (Phi) is 4.23. The van der Waals surface area contributed by atoms with Crippen LogP contribution in [0.2, 0.25) is 0 Å². The Morgan fingerprint density at radius 1 is 1.07 bits per heavy atom. The largest absolute Gasteiger partial charge is 0.506 e. The van der Waals surface area contributed by atoms with Crippen LogP contribution in [0.25, 0.3) is 17.2 Å². The zero-order chi connectivity index (χ0) is 19.2. The highest BCUT2D eigenvalue weighted by Crippen LogP contribution is 2.52. The lowest BCUT2D eigenvalue weighted by Gasteiger charge is -2.11. The van der Waals surface area contributed by atoms with Crippen molar-refractivity contribution in [2.45, 2.75) is 12.1 Å². The highest BCUT2D eigenvalue weighted by atomic mass is 32.1. The normalized spacial score (nSPS) is 15.8. The fourth-order valence-electron chi connectivity index (χ4n) is 3.42. The van der Waals surface area contributed by atoms with Crippen LogP contribution in [-0.2, 0) is 6.18 Å². The van der Waals surface area contributed by atoms with Crippen molar-refractivity contribution in [3.05, 3.63) is 76.2 Å². The summed E-state index contributed by atoms with van der Waals surface area (Å²) in [6, 6.07) is 12.9. The molecule has 0 saturated carbocycles. The summed E-state index contributed by atoms with van der Waals surface area (Å²) in [5.74, 6) is -0.0899. The van der Waals surface area contributed by atoms with Gasteiger partial charge in [0.2, 0.25) is 0 Å². The maximum Gasteiger partial charge on any atom is 0.416 e. The third-order valence-electron chi connectivity index (χ3n) is 4.70. The zero-order valence-corrected chi connectivity index (χ0v) is 15.2. The summed E-state index contributed by atoms with van der Waals surface area (Å²) in [6.45, 7) is 0. The molecule has 3 aromatic rings. The highest BCUT2D eigenvalue weighted by molar-refractivity contribution is 7.17. The molecule has 0 aliphatic heterocycles. The van der Waals surface area contributed by atoms with Crippen molar-refractivity contribution in [1.82, 2.24) is 0 Å². The molecule has 138 valence electrons. The van der Waals surface area contributed by atoms with Gasteiger partial charge in [-0.25, -0.2) is 0 Å². The van der Waals surface area contributed by atoms with Crippen molar-refractivity contribution in [2.24, 2.45) is 0 Å². The van der Waals surface area contributed by atoms with Crippen molar-refractivity contribution in [3.63, 3.8) is 0 Å². The van der Waals surface area contributed by atoms with E-state index in [1.54, 1.807) is 13.1 Å². The molecule has 6 heteroatoms. The third kappa shape index (κ3) is 3.00. The van der Waals surface area contributed by atoms with E-state index in [-0.39, 0.29) is 11.7 Å². The van der Waals surface area contributed by atoms with Gasteiger partial charge in [-0.2, -0.15) is 13.2 Å². The average molecular weight is 387 g/mol. The number of hydrogen-bond donors (Lipinski definition) is 2. The molecule has 2 nitrogen and oxygen atoms in total. The van der Waals surface area contributed by atoms with Crippen molar-refractivity contribution in [2.75, 3.05) is 12.4 Å². The first-order chi connectivity index (χ1) is 12.9. The second-order valence-electron chi connectivity index (χ2n) is 6.31. The van der Waals surface area contributed by atoms with Crippen LogP contribution >= 0.6 is 11.3 Å². The summed E-state index contributed by atoms with van der Waals surface area (Å²) in [5, 5.41) is 14.6. The molecule has 1 aromatic heterocycles. The zero-order valence-electron chi connectivity index (χ0n) is 14.3. The van der Waals surface area contributed by atoms with Crippen molar-refractivity contribution < 1.29 is 18.3 Å². The second-order valence-corrected chi connectivity index (χ2v) is 7.37. The molecule has 0 spiro atoms. The molecular formula is C21H16F3NOS. The van der Waals surface area contributed by atoms with Crippen LogP contribution in [0.5, 0.6) is 5.75 Å². The molecule has 2 N–H and O–H groups in total. The standard InChI is InChI=1S/C21H16F3NOS/c1-25-20-17(13-6-4-7-14(11-13)21(22,23)24)18(26)19(27-20)16-10-9-12-5-2-3-8-15(12)16/h2-11,16,25-26H,1H3. The van der Waals surface area contributed by atoms with E-state index in [9.17, 15) is 18.3 Å². The summed E-state index contributed by atoms with van der Waals surface area (Å²) in [7, 11) is 1.70. The van der Waals surface area contributed by atoms with Gasteiger partial charge in [0, 0.05) is 13.0 Å². The number of allylic oxidation sites excluding steroid dienone is 1. The molecule has 0 radical (unpaired) electrons. The van der Waals surface area contributed by atoms with Gasteiger partial charge >= 0.3 is 6.18 Å². The van der Waals surface area contributed by atoms with Crippen LogP contribution in [-0.4, -0.2) is 12.2 Å². The Morgan fingerprint density at radius 3 is 2.59 bits per heavy atom. The van der Waals surface area contributed by atoms with Crippen LogP contribution in [0.1, 0.15) is 27.5 Å². The second kappa shape index (κ2) is 6.46. The highest BCUT2D eigenvalue weighted by Gasteiger charge is 2.32. The molecule has 0 amide bonds. The van der Waals surface area contributed by atoms with E-state index in [0.717, 1.165) is 23.3 Å². The van der Waals surface area contributed by atoms with Crippen molar-refractivity contribution >= 4 is 22.4 Å². The molecule has 4 rings (SSSR count). The van der Waals surface area contributed by atoms with Crippen LogP contribution in [0.4, 0.5) is 18.2 Å². The molecule has 0 bridgehead atoms. The van der Waals surface area contributed by atoms with Crippen LogP contribution in [0.15, 0.2) is 54.6 Å². The first-order valence-corrected chi connectivity index (χ1v) is 9.20. The smallest absolute Gasteiger partial charge is 0.416 e. The first-order valence-electron chi connectivity index (χ1n) is 8.38. The molecule has 1 aliphatic rings. The van der Waals surface area contributed by atoms with E-state index in [2.05, 4.69) is 5.32 Å². The van der Waals surface area contributed by atoms with Gasteiger partial charge in [0.1, 0.15) is 10.8 Å². The molecule has 0 saturated heterocycles. The molecule has 0 fully saturated rings. The van der Waals surface area contributed by atoms with E-state index in [0.29, 0.717) is 21.0 Å². The number of alkyl halides is 3. The molecule has 2 aromatic carbocycles. The summed E-state index contributed by atoms with van der Waals surface area (Å²) in [4.78, 5) is 0.716. The van der Waals surface area contributed by atoms with Crippen LogP contribution < -0.4 is 5.32 Å². The van der Waals surface area contributed by atoms with Crippen molar-refractivity contribution in [1.29, 1.82) is 0 Å². The summed E-state index contributed by atoms with van der Waals surface area (Å²) in [6.07, 6.45) is -0.425. The van der Waals surface area contributed by atoms with Crippen LogP contribution in [0.3, 0.4) is 0 Å². The Labute approximate surface area is 158 Å². The quantitative estimate of drug-likeness (QED) is 0.550. The van der Waals surface area contributed by atoms with E-state index >= 15 is 0 Å². The van der Waals surface area contributed by atoms with Gasteiger partial charge < -0.3 is 10.4 Å².